The number of aromatic nitrogens is 6. The van der Waals surface area contributed by atoms with Crippen molar-refractivity contribution in [2.45, 2.75) is 37.8 Å². The van der Waals surface area contributed by atoms with Crippen molar-refractivity contribution in [2.75, 3.05) is 7.11 Å². The summed E-state index contributed by atoms with van der Waals surface area (Å²) in [7, 11) is 1.67. The van der Waals surface area contributed by atoms with E-state index < -0.39 is 5.60 Å². The first-order valence-electron chi connectivity index (χ1n) is 11.1. The second kappa shape index (κ2) is 8.03. The summed E-state index contributed by atoms with van der Waals surface area (Å²) >= 11 is 6.56. The Hall–Kier alpha value is -3.56. The van der Waals surface area contributed by atoms with E-state index in [-0.39, 0.29) is 18.0 Å². The zero-order valence-corrected chi connectivity index (χ0v) is 19.2. The van der Waals surface area contributed by atoms with Crippen LogP contribution in [0, 0.1) is 0 Å². The summed E-state index contributed by atoms with van der Waals surface area (Å²) in [6.07, 6.45) is 7.01. The summed E-state index contributed by atoms with van der Waals surface area (Å²) < 4.78 is 14.7. The number of pyridine rings is 1. The molecule has 6 rings (SSSR count). The minimum Gasteiger partial charge on any atom is -0.370 e. The maximum atomic E-state index is 13.8. The Morgan fingerprint density at radius 3 is 2.74 bits per heavy atom. The van der Waals surface area contributed by atoms with Crippen molar-refractivity contribution in [3.05, 3.63) is 75.8 Å². The van der Waals surface area contributed by atoms with Crippen molar-refractivity contribution in [1.82, 2.24) is 29.1 Å². The van der Waals surface area contributed by atoms with Crippen LogP contribution in [0.15, 0.2) is 58.2 Å². The molecule has 5 aromatic rings. The van der Waals surface area contributed by atoms with Crippen LogP contribution in [-0.2, 0) is 16.9 Å². The second-order valence-corrected chi connectivity index (χ2v) is 8.87. The highest BCUT2D eigenvalue weighted by atomic mass is 35.5. The molecule has 0 saturated heterocycles. The molecule has 1 aliphatic rings. The standard InChI is InChI=1S/C24H21ClN6O3/c1-33-24(10-3-4-11-24)23-28-21(34-29-23)18-20-22(32)30(13-15-7-2-5-12-26-15)19-16(25)8-6-9-17(19)31(20)14-27-18/h2,5-9,12,14H,3-4,10-11,13H2,1H3. The first kappa shape index (κ1) is 21.0. The molecule has 0 amide bonds. The number of nitrogens with zero attached hydrogens (tertiary/aromatic N) is 6. The molecule has 10 heteroatoms. The van der Waals surface area contributed by atoms with Crippen LogP contribution in [-0.4, -0.2) is 36.2 Å². The van der Waals surface area contributed by atoms with Crippen molar-refractivity contribution >= 4 is 28.2 Å². The third-order valence-corrected chi connectivity index (χ3v) is 6.90. The third kappa shape index (κ3) is 3.15. The number of rotatable bonds is 5. The molecule has 4 aromatic heterocycles. The largest absolute Gasteiger partial charge is 0.370 e. The fourth-order valence-electron chi connectivity index (χ4n) is 4.86. The van der Waals surface area contributed by atoms with Crippen LogP contribution in [0.4, 0.5) is 0 Å². The molecule has 0 spiro atoms. The summed E-state index contributed by atoms with van der Waals surface area (Å²) in [6.45, 7) is 0.253. The molecule has 0 atom stereocenters. The van der Waals surface area contributed by atoms with Crippen LogP contribution in [0.1, 0.15) is 37.2 Å². The lowest BCUT2D eigenvalue weighted by Gasteiger charge is -2.22. The second-order valence-electron chi connectivity index (χ2n) is 8.46. The van der Waals surface area contributed by atoms with Crippen molar-refractivity contribution < 1.29 is 9.26 Å². The van der Waals surface area contributed by atoms with Crippen LogP contribution >= 0.6 is 11.6 Å². The number of imidazole rings is 1. The highest BCUT2D eigenvalue weighted by Gasteiger charge is 2.40. The topological polar surface area (TPSA) is 100 Å². The predicted molar refractivity (Wildman–Crippen MR) is 126 cm³/mol. The number of benzene rings is 1. The van der Waals surface area contributed by atoms with E-state index >= 15 is 0 Å². The summed E-state index contributed by atoms with van der Waals surface area (Å²) in [6, 6.07) is 11.1. The fraction of sp³-hybridized carbons (Fsp3) is 0.292. The van der Waals surface area contributed by atoms with Gasteiger partial charge in [-0.2, -0.15) is 4.98 Å². The minimum absolute atomic E-state index is 0.184. The highest BCUT2D eigenvalue weighted by molar-refractivity contribution is 6.35. The Morgan fingerprint density at radius 2 is 1.97 bits per heavy atom. The Labute approximate surface area is 199 Å². The quantitative estimate of drug-likeness (QED) is 0.374. The number of halogens is 1. The Bertz CT molecular complexity index is 1570. The Kier molecular flexibility index (Phi) is 4.96. The zero-order valence-electron chi connectivity index (χ0n) is 18.4. The molecular formula is C24H21ClN6O3. The monoisotopic (exact) mass is 476 g/mol. The van der Waals surface area contributed by atoms with Crippen molar-refractivity contribution in [3.8, 4) is 11.6 Å². The number of ether oxygens (including phenoxy) is 1. The van der Waals surface area contributed by atoms with E-state index in [1.54, 1.807) is 34.7 Å². The molecule has 0 aliphatic heterocycles. The molecule has 1 fully saturated rings. The Morgan fingerprint density at radius 1 is 1.12 bits per heavy atom. The third-order valence-electron chi connectivity index (χ3n) is 6.59. The summed E-state index contributed by atoms with van der Waals surface area (Å²) in [5.41, 5.74) is 1.90. The van der Waals surface area contributed by atoms with E-state index in [1.165, 1.54) is 0 Å². The van der Waals surface area contributed by atoms with Crippen LogP contribution in [0.5, 0.6) is 0 Å². The van der Waals surface area contributed by atoms with Crippen LogP contribution in [0.3, 0.4) is 0 Å². The van der Waals surface area contributed by atoms with Gasteiger partial charge in [-0.3, -0.25) is 18.7 Å². The fourth-order valence-corrected chi connectivity index (χ4v) is 5.13. The van der Waals surface area contributed by atoms with E-state index in [0.29, 0.717) is 27.6 Å². The van der Waals surface area contributed by atoms with Gasteiger partial charge in [0.2, 0.25) is 5.82 Å². The molecular weight excluding hydrogens is 456 g/mol. The number of hydrogen-bond donors (Lipinski definition) is 0. The SMILES string of the molecule is COC1(c2noc(-c3ncn4c3c(=O)n(Cc3ccccn3)c3c(Cl)cccc34)n2)CCCC1. The van der Waals surface area contributed by atoms with Crippen molar-refractivity contribution in [3.63, 3.8) is 0 Å². The molecule has 172 valence electrons. The maximum absolute atomic E-state index is 13.8. The summed E-state index contributed by atoms with van der Waals surface area (Å²) in [4.78, 5) is 27.3. The first-order chi connectivity index (χ1) is 16.6. The summed E-state index contributed by atoms with van der Waals surface area (Å²) in [5, 5.41) is 4.66. The number of hydrogen-bond acceptors (Lipinski definition) is 7. The lowest BCUT2D eigenvalue weighted by molar-refractivity contribution is -0.0178. The first-order valence-corrected chi connectivity index (χ1v) is 11.5. The van der Waals surface area contributed by atoms with Crippen molar-refractivity contribution in [2.24, 2.45) is 0 Å². The molecule has 34 heavy (non-hydrogen) atoms. The predicted octanol–water partition coefficient (Wildman–Crippen LogP) is 4.21. The molecule has 1 aliphatic carbocycles. The van der Waals surface area contributed by atoms with Gasteiger partial charge in [0.1, 0.15) is 17.4 Å². The molecule has 4 heterocycles. The van der Waals surface area contributed by atoms with Gasteiger partial charge >= 0.3 is 0 Å². The van der Waals surface area contributed by atoms with Gasteiger partial charge in [0, 0.05) is 13.3 Å². The molecule has 1 saturated carbocycles. The molecule has 9 nitrogen and oxygen atoms in total. The lowest BCUT2D eigenvalue weighted by Crippen LogP contribution is -2.26. The van der Waals surface area contributed by atoms with Gasteiger partial charge in [-0.1, -0.05) is 28.9 Å². The van der Waals surface area contributed by atoms with E-state index in [1.807, 2.05) is 30.3 Å². The van der Waals surface area contributed by atoms with E-state index in [0.717, 1.165) is 36.9 Å². The van der Waals surface area contributed by atoms with Crippen LogP contribution in [0.2, 0.25) is 5.02 Å². The maximum Gasteiger partial charge on any atom is 0.279 e. The molecule has 0 bridgehead atoms. The van der Waals surface area contributed by atoms with Gasteiger partial charge in [0.15, 0.2) is 5.69 Å². The minimum atomic E-state index is -0.559. The number of para-hydroxylation sites is 1. The van der Waals surface area contributed by atoms with E-state index in [9.17, 15) is 4.79 Å². The molecule has 1 aromatic carbocycles. The Balaban J connectivity index is 1.57. The van der Waals surface area contributed by atoms with Gasteiger partial charge in [-0.15, -0.1) is 0 Å². The zero-order chi connectivity index (χ0) is 23.3. The molecule has 0 radical (unpaired) electrons. The van der Waals surface area contributed by atoms with Gasteiger partial charge in [-0.05, 0) is 49.9 Å². The van der Waals surface area contributed by atoms with Gasteiger partial charge in [0.05, 0.1) is 28.3 Å². The average Bonchev–Trinajstić information content (AvgIpc) is 3.62. The number of methoxy groups -OCH3 is 1. The average molecular weight is 477 g/mol. The normalized spacial score (nSPS) is 15.5. The summed E-state index contributed by atoms with van der Waals surface area (Å²) in [5.74, 6) is 0.671. The highest BCUT2D eigenvalue weighted by Crippen LogP contribution is 2.40. The van der Waals surface area contributed by atoms with E-state index in [4.69, 9.17) is 20.9 Å². The van der Waals surface area contributed by atoms with Crippen LogP contribution < -0.4 is 5.56 Å². The molecule has 0 unspecified atom stereocenters. The van der Waals surface area contributed by atoms with Gasteiger partial charge in [-0.25, -0.2) is 4.98 Å². The number of fused-ring (bicyclic) bond motifs is 3. The van der Waals surface area contributed by atoms with Gasteiger partial charge < -0.3 is 9.26 Å². The van der Waals surface area contributed by atoms with Crippen molar-refractivity contribution in [1.29, 1.82) is 0 Å². The van der Waals surface area contributed by atoms with Crippen LogP contribution in [0.25, 0.3) is 28.1 Å². The smallest absolute Gasteiger partial charge is 0.279 e. The molecule has 0 N–H and O–H groups in total. The van der Waals surface area contributed by atoms with E-state index in [2.05, 4.69) is 20.1 Å². The van der Waals surface area contributed by atoms with Gasteiger partial charge in [0.25, 0.3) is 11.4 Å². The lowest BCUT2D eigenvalue weighted by atomic mass is 10.0.